The molecule has 4 heteroatoms. The molecule has 0 saturated carbocycles. The molecule has 1 rings (SSSR count). The molecular formula is C13H25IO3. The van der Waals surface area contributed by atoms with Gasteiger partial charge in [0.2, 0.25) is 0 Å². The Morgan fingerprint density at radius 2 is 1.88 bits per heavy atom. The highest BCUT2D eigenvalue weighted by Gasteiger charge is 2.13. The van der Waals surface area contributed by atoms with Crippen LogP contribution < -0.4 is 0 Å². The van der Waals surface area contributed by atoms with Crippen LogP contribution in [0.4, 0.5) is 0 Å². The lowest BCUT2D eigenvalue weighted by atomic mass is 10.2. The van der Waals surface area contributed by atoms with Crippen molar-refractivity contribution in [2.45, 2.75) is 51.2 Å². The van der Waals surface area contributed by atoms with E-state index in [4.69, 9.17) is 14.2 Å². The average molecular weight is 356 g/mol. The standard InChI is InChI=1S/C13H25IO3/c14-8-4-1-2-5-9-15-11-12-17-13-7-3-6-10-16-13/h13H,1-12H2. The Bertz CT molecular complexity index is 161. The number of rotatable bonds is 10. The van der Waals surface area contributed by atoms with Gasteiger partial charge in [-0.1, -0.05) is 35.4 Å². The van der Waals surface area contributed by atoms with E-state index in [1.807, 2.05) is 0 Å². The molecule has 102 valence electrons. The highest BCUT2D eigenvalue weighted by molar-refractivity contribution is 14.1. The van der Waals surface area contributed by atoms with Crippen LogP contribution in [0.25, 0.3) is 0 Å². The van der Waals surface area contributed by atoms with Crippen LogP contribution in [0.2, 0.25) is 0 Å². The Hall–Kier alpha value is 0.610. The lowest BCUT2D eigenvalue weighted by Crippen LogP contribution is -2.24. The van der Waals surface area contributed by atoms with E-state index in [0.29, 0.717) is 13.2 Å². The van der Waals surface area contributed by atoms with E-state index in [2.05, 4.69) is 22.6 Å². The van der Waals surface area contributed by atoms with Gasteiger partial charge in [-0.2, -0.15) is 0 Å². The van der Waals surface area contributed by atoms with Crippen molar-refractivity contribution in [1.29, 1.82) is 0 Å². The second-order valence-corrected chi connectivity index (χ2v) is 5.46. The lowest BCUT2D eigenvalue weighted by Gasteiger charge is -2.22. The monoisotopic (exact) mass is 356 g/mol. The highest BCUT2D eigenvalue weighted by atomic mass is 127. The summed E-state index contributed by atoms with van der Waals surface area (Å²) in [5.74, 6) is 0. The van der Waals surface area contributed by atoms with Gasteiger partial charge in [0.05, 0.1) is 13.2 Å². The summed E-state index contributed by atoms with van der Waals surface area (Å²) in [6.07, 6.45) is 8.59. The molecule has 0 aromatic carbocycles. The fraction of sp³-hybridized carbons (Fsp3) is 1.00. The minimum atomic E-state index is 0.0241. The topological polar surface area (TPSA) is 27.7 Å². The van der Waals surface area contributed by atoms with Crippen molar-refractivity contribution in [3.05, 3.63) is 0 Å². The molecule has 0 amide bonds. The first-order chi connectivity index (χ1) is 8.43. The third-order valence-electron chi connectivity index (χ3n) is 2.84. The molecule has 1 fully saturated rings. The van der Waals surface area contributed by atoms with Crippen molar-refractivity contribution in [3.63, 3.8) is 0 Å². The van der Waals surface area contributed by atoms with Gasteiger partial charge >= 0.3 is 0 Å². The van der Waals surface area contributed by atoms with Gasteiger partial charge in [-0.3, -0.25) is 0 Å². The van der Waals surface area contributed by atoms with Crippen LogP contribution in [-0.2, 0) is 14.2 Å². The summed E-state index contributed by atoms with van der Waals surface area (Å²) in [5, 5.41) is 0. The Kier molecular flexibility index (Phi) is 10.8. The summed E-state index contributed by atoms with van der Waals surface area (Å²) in [6, 6.07) is 0. The van der Waals surface area contributed by atoms with Crippen molar-refractivity contribution in [2.75, 3.05) is 30.9 Å². The number of hydrogen-bond donors (Lipinski definition) is 0. The van der Waals surface area contributed by atoms with Gasteiger partial charge in [-0.05, 0) is 36.5 Å². The maximum absolute atomic E-state index is 5.58. The van der Waals surface area contributed by atoms with E-state index in [1.165, 1.54) is 43.0 Å². The minimum Gasteiger partial charge on any atom is -0.379 e. The van der Waals surface area contributed by atoms with Gasteiger partial charge in [-0.15, -0.1) is 0 Å². The van der Waals surface area contributed by atoms with Crippen LogP contribution in [0.15, 0.2) is 0 Å². The Balaban J connectivity index is 1.75. The van der Waals surface area contributed by atoms with Gasteiger partial charge in [0.15, 0.2) is 6.29 Å². The molecule has 1 heterocycles. The summed E-state index contributed by atoms with van der Waals surface area (Å²) in [4.78, 5) is 0. The zero-order valence-corrected chi connectivity index (χ0v) is 12.8. The average Bonchev–Trinajstić information content (AvgIpc) is 2.38. The maximum atomic E-state index is 5.58. The number of unbranched alkanes of at least 4 members (excludes halogenated alkanes) is 3. The predicted octanol–water partition coefficient (Wildman–Crippen LogP) is 3.54. The number of ether oxygens (including phenoxy) is 3. The first-order valence-electron chi connectivity index (χ1n) is 6.80. The normalized spacial score (nSPS) is 20.6. The van der Waals surface area contributed by atoms with E-state index in [9.17, 15) is 0 Å². The second kappa shape index (κ2) is 11.7. The van der Waals surface area contributed by atoms with E-state index in [-0.39, 0.29) is 6.29 Å². The molecule has 17 heavy (non-hydrogen) atoms. The first kappa shape index (κ1) is 15.7. The van der Waals surface area contributed by atoms with Gasteiger partial charge in [-0.25, -0.2) is 0 Å². The van der Waals surface area contributed by atoms with Crippen LogP contribution >= 0.6 is 22.6 Å². The fourth-order valence-corrected chi connectivity index (χ4v) is 2.37. The fourth-order valence-electron chi connectivity index (χ4n) is 1.84. The van der Waals surface area contributed by atoms with E-state index in [0.717, 1.165) is 19.6 Å². The zero-order chi connectivity index (χ0) is 12.2. The smallest absolute Gasteiger partial charge is 0.157 e. The molecule has 0 aliphatic carbocycles. The van der Waals surface area contributed by atoms with E-state index < -0.39 is 0 Å². The number of alkyl halides is 1. The SMILES string of the molecule is ICCCCCCOCCOC1CCCCO1. The minimum absolute atomic E-state index is 0.0241. The molecule has 1 aliphatic rings. The quantitative estimate of drug-likeness (QED) is 0.340. The Labute approximate surface area is 119 Å². The van der Waals surface area contributed by atoms with Gasteiger partial charge in [0.25, 0.3) is 0 Å². The third kappa shape index (κ3) is 9.22. The first-order valence-corrected chi connectivity index (χ1v) is 8.33. The summed E-state index contributed by atoms with van der Waals surface area (Å²) < 4.78 is 17.8. The van der Waals surface area contributed by atoms with E-state index in [1.54, 1.807) is 0 Å². The molecule has 0 aromatic heterocycles. The highest BCUT2D eigenvalue weighted by Crippen LogP contribution is 2.13. The second-order valence-electron chi connectivity index (χ2n) is 4.38. The molecule has 3 nitrogen and oxygen atoms in total. The predicted molar refractivity (Wildman–Crippen MR) is 77.7 cm³/mol. The molecule has 0 bridgehead atoms. The lowest BCUT2D eigenvalue weighted by molar-refractivity contribution is -0.169. The third-order valence-corrected chi connectivity index (χ3v) is 3.60. The van der Waals surface area contributed by atoms with Crippen LogP contribution in [0, 0.1) is 0 Å². The van der Waals surface area contributed by atoms with Gasteiger partial charge < -0.3 is 14.2 Å². The molecule has 0 N–H and O–H groups in total. The van der Waals surface area contributed by atoms with Crippen molar-refractivity contribution >= 4 is 22.6 Å². The summed E-state index contributed by atoms with van der Waals surface area (Å²) >= 11 is 2.43. The van der Waals surface area contributed by atoms with E-state index >= 15 is 0 Å². The molecule has 0 spiro atoms. The molecule has 1 saturated heterocycles. The van der Waals surface area contributed by atoms with Gasteiger partial charge in [0.1, 0.15) is 0 Å². The Morgan fingerprint density at radius 3 is 2.65 bits per heavy atom. The molecule has 1 unspecified atom stereocenters. The van der Waals surface area contributed by atoms with Crippen molar-refractivity contribution < 1.29 is 14.2 Å². The molecular weight excluding hydrogens is 331 g/mol. The summed E-state index contributed by atoms with van der Waals surface area (Å²) in [7, 11) is 0. The largest absolute Gasteiger partial charge is 0.379 e. The Morgan fingerprint density at radius 1 is 1.00 bits per heavy atom. The molecule has 0 radical (unpaired) electrons. The molecule has 1 atom stereocenters. The molecule has 1 aliphatic heterocycles. The van der Waals surface area contributed by atoms with Crippen LogP contribution in [0.3, 0.4) is 0 Å². The summed E-state index contributed by atoms with van der Waals surface area (Å²) in [5.41, 5.74) is 0. The van der Waals surface area contributed by atoms with Crippen molar-refractivity contribution in [3.8, 4) is 0 Å². The molecule has 0 aromatic rings. The zero-order valence-electron chi connectivity index (χ0n) is 10.7. The van der Waals surface area contributed by atoms with Crippen molar-refractivity contribution in [2.24, 2.45) is 0 Å². The van der Waals surface area contributed by atoms with Crippen LogP contribution in [0.1, 0.15) is 44.9 Å². The summed E-state index contributed by atoms with van der Waals surface area (Å²) in [6.45, 7) is 3.09. The number of halogens is 1. The van der Waals surface area contributed by atoms with Crippen LogP contribution in [-0.4, -0.2) is 37.1 Å². The maximum Gasteiger partial charge on any atom is 0.157 e. The number of hydrogen-bond acceptors (Lipinski definition) is 3. The van der Waals surface area contributed by atoms with Crippen LogP contribution in [0.5, 0.6) is 0 Å². The van der Waals surface area contributed by atoms with Gasteiger partial charge in [0, 0.05) is 13.2 Å². The van der Waals surface area contributed by atoms with Crippen molar-refractivity contribution in [1.82, 2.24) is 0 Å².